The Morgan fingerprint density at radius 1 is 1.32 bits per heavy atom. The predicted molar refractivity (Wildman–Crippen MR) is 81.2 cm³/mol. The Kier molecular flexibility index (Phi) is 4.81. The van der Waals surface area contributed by atoms with Crippen LogP contribution in [0.4, 0.5) is 5.69 Å². The van der Waals surface area contributed by atoms with Gasteiger partial charge in [0, 0.05) is 19.1 Å². The number of piperidine rings is 1. The third-order valence-corrected chi connectivity index (χ3v) is 4.44. The van der Waals surface area contributed by atoms with Gasteiger partial charge in [0.25, 0.3) is 0 Å². The molecule has 3 heteroatoms. The third kappa shape index (κ3) is 3.47. The normalized spacial score (nSPS) is 18.9. The Balaban J connectivity index is 1.96. The topological polar surface area (TPSA) is 42.1 Å². The maximum absolute atomic E-state index is 6.00. The maximum Gasteiger partial charge on any atom is 0.0572 e. The highest BCUT2D eigenvalue weighted by Gasteiger charge is 2.21. The van der Waals surface area contributed by atoms with E-state index < -0.39 is 0 Å². The molecule has 1 aromatic heterocycles. The fourth-order valence-corrected chi connectivity index (χ4v) is 2.84. The van der Waals surface area contributed by atoms with Crippen molar-refractivity contribution in [3.8, 4) is 0 Å². The molecule has 1 saturated heterocycles. The first-order valence-electron chi connectivity index (χ1n) is 7.58. The zero-order valence-electron chi connectivity index (χ0n) is 12.5. The summed E-state index contributed by atoms with van der Waals surface area (Å²) in [6.07, 6.45) is 5.52. The molecule has 0 saturated carbocycles. The summed E-state index contributed by atoms with van der Waals surface area (Å²) < 4.78 is 0. The number of nitrogens with zero attached hydrogens (tertiary/aromatic N) is 2. The molecule has 1 atom stereocenters. The highest BCUT2D eigenvalue weighted by molar-refractivity contribution is 5.45. The molecule has 2 heterocycles. The summed E-state index contributed by atoms with van der Waals surface area (Å²) in [6, 6.07) is 4.33. The zero-order valence-corrected chi connectivity index (χ0v) is 12.5. The first kappa shape index (κ1) is 14.3. The van der Waals surface area contributed by atoms with Gasteiger partial charge >= 0.3 is 0 Å². The van der Waals surface area contributed by atoms with Crippen LogP contribution in [0.5, 0.6) is 0 Å². The van der Waals surface area contributed by atoms with Gasteiger partial charge in [-0.15, -0.1) is 0 Å². The van der Waals surface area contributed by atoms with Gasteiger partial charge in [-0.25, -0.2) is 0 Å². The molecule has 2 N–H and O–H groups in total. The molecule has 0 amide bonds. The summed E-state index contributed by atoms with van der Waals surface area (Å²) in [5.74, 6) is 1.70. The average Bonchev–Trinajstić information content (AvgIpc) is 2.46. The number of anilines is 1. The van der Waals surface area contributed by atoms with Crippen LogP contribution in [-0.4, -0.2) is 18.1 Å². The van der Waals surface area contributed by atoms with E-state index in [-0.39, 0.29) is 6.04 Å². The molecule has 0 aliphatic carbocycles. The molecule has 1 aliphatic rings. The van der Waals surface area contributed by atoms with Crippen LogP contribution in [0.2, 0.25) is 0 Å². The Labute approximate surface area is 117 Å². The van der Waals surface area contributed by atoms with E-state index >= 15 is 0 Å². The van der Waals surface area contributed by atoms with E-state index in [4.69, 9.17) is 5.73 Å². The molecule has 0 bridgehead atoms. The molecule has 3 nitrogen and oxygen atoms in total. The lowest BCUT2D eigenvalue weighted by Crippen LogP contribution is -2.35. The van der Waals surface area contributed by atoms with Crippen molar-refractivity contribution in [3.63, 3.8) is 0 Å². The summed E-state index contributed by atoms with van der Waals surface area (Å²) in [7, 11) is 0. The first-order valence-corrected chi connectivity index (χ1v) is 7.58. The Bertz CT molecular complexity index is 377. The van der Waals surface area contributed by atoms with Gasteiger partial charge in [0.05, 0.1) is 17.6 Å². The highest BCUT2D eigenvalue weighted by atomic mass is 15.1. The minimum atomic E-state index is 0.0701. The molecular weight excluding hydrogens is 234 g/mol. The van der Waals surface area contributed by atoms with Crippen LogP contribution >= 0.6 is 0 Å². The number of rotatable bonds is 4. The molecule has 0 aromatic carbocycles. The van der Waals surface area contributed by atoms with Crippen LogP contribution in [0.25, 0.3) is 0 Å². The van der Waals surface area contributed by atoms with Crippen molar-refractivity contribution in [3.05, 3.63) is 24.0 Å². The number of aromatic nitrogens is 1. The number of hydrogen-bond acceptors (Lipinski definition) is 3. The van der Waals surface area contributed by atoms with Crippen molar-refractivity contribution in [2.24, 2.45) is 17.6 Å². The SMILES string of the molecule is CC[C@@H](N)c1ccc(N2CCC(C(C)C)CC2)cn1. The van der Waals surface area contributed by atoms with E-state index in [1.54, 1.807) is 0 Å². The summed E-state index contributed by atoms with van der Waals surface area (Å²) in [4.78, 5) is 6.96. The zero-order chi connectivity index (χ0) is 13.8. The minimum Gasteiger partial charge on any atom is -0.370 e. The predicted octanol–water partition coefficient (Wildman–Crippen LogP) is 3.36. The van der Waals surface area contributed by atoms with Gasteiger partial charge in [0.1, 0.15) is 0 Å². The fourth-order valence-electron chi connectivity index (χ4n) is 2.84. The van der Waals surface area contributed by atoms with Crippen LogP contribution in [0, 0.1) is 11.8 Å². The average molecular weight is 261 g/mol. The van der Waals surface area contributed by atoms with Crippen LogP contribution in [-0.2, 0) is 0 Å². The van der Waals surface area contributed by atoms with Gasteiger partial charge in [-0.05, 0) is 43.2 Å². The fraction of sp³-hybridized carbons (Fsp3) is 0.688. The van der Waals surface area contributed by atoms with Gasteiger partial charge in [0.2, 0.25) is 0 Å². The molecule has 106 valence electrons. The molecule has 1 aliphatic heterocycles. The van der Waals surface area contributed by atoms with Crippen LogP contribution in [0.1, 0.15) is 51.8 Å². The Morgan fingerprint density at radius 3 is 2.47 bits per heavy atom. The van der Waals surface area contributed by atoms with E-state index in [0.717, 1.165) is 37.0 Å². The van der Waals surface area contributed by atoms with Gasteiger partial charge in [-0.1, -0.05) is 20.8 Å². The van der Waals surface area contributed by atoms with E-state index in [0.29, 0.717) is 0 Å². The maximum atomic E-state index is 6.00. The number of hydrogen-bond donors (Lipinski definition) is 1. The van der Waals surface area contributed by atoms with Gasteiger partial charge in [-0.3, -0.25) is 4.98 Å². The van der Waals surface area contributed by atoms with Crippen molar-refractivity contribution in [2.75, 3.05) is 18.0 Å². The molecule has 19 heavy (non-hydrogen) atoms. The van der Waals surface area contributed by atoms with Gasteiger partial charge in [-0.2, -0.15) is 0 Å². The Hall–Kier alpha value is -1.09. The number of pyridine rings is 1. The summed E-state index contributed by atoms with van der Waals surface area (Å²) in [5, 5.41) is 0. The second-order valence-corrected chi connectivity index (χ2v) is 6.02. The lowest BCUT2D eigenvalue weighted by Gasteiger charge is -2.35. The van der Waals surface area contributed by atoms with Gasteiger partial charge in [0.15, 0.2) is 0 Å². The van der Waals surface area contributed by atoms with Crippen molar-refractivity contribution in [2.45, 2.75) is 46.1 Å². The quantitative estimate of drug-likeness (QED) is 0.903. The van der Waals surface area contributed by atoms with Crippen molar-refractivity contribution >= 4 is 5.69 Å². The monoisotopic (exact) mass is 261 g/mol. The molecule has 0 radical (unpaired) electrons. The van der Waals surface area contributed by atoms with Crippen LogP contribution in [0.3, 0.4) is 0 Å². The van der Waals surface area contributed by atoms with Crippen LogP contribution in [0.15, 0.2) is 18.3 Å². The van der Waals surface area contributed by atoms with Crippen molar-refractivity contribution < 1.29 is 0 Å². The summed E-state index contributed by atoms with van der Waals surface area (Å²) in [5.41, 5.74) is 8.25. The standard InChI is InChI=1S/C16H27N3/c1-4-15(17)16-6-5-14(11-18-16)19-9-7-13(8-10-19)12(2)3/h5-6,11-13,15H,4,7-10,17H2,1-3H3/t15-/m1/s1. The smallest absolute Gasteiger partial charge is 0.0572 e. The Morgan fingerprint density at radius 2 is 2.00 bits per heavy atom. The molecule has 0 unspecified atom stereocenters. The third-order valence-electron chi connectivity index (χ3n) is 4.44. The summed E-state index contributed by atoms with van der Waals surface area (Å²) >= 11 is 0. The lowest BCUT2D eigenvalue weighted by atomic mass is 9.86. The van der Waals surface area contributed by atoms with Crippen molar-refractivity contribution in [1.82, 2.24) is 4.98 Å². The minimum absolute atomic E-state index is 0.0701. The van der Waals surface area contributed by atoms with E-state index in [9.17, 15) is 0 Å². The molecule has 0 spiro atoms. The van der Waals surface area contributed by atoms with E-state index in [1.165, 1.54) is 18.5 Å². The van der Waals surface area contributed by atoms with E-state index in [2.05, 4.69) is 42.8 Å². The molecule has 2 rings (SSSR count). The molecule has 1 fully saturated rings. The first-order chi connectivity index (χ1) is 9.11. The van der Waals surface area contributed by atoms with Crippen LogP contribution < -0.4 is 10.6 Å². The number of nitrogens with two attached hydrogens (primary N) is 1. The van der Waals surface area contributed by atoms with Crippen molar-refractivity contribution in [1.29, 1.82) is 0 Å². The molecule has 1 aromatic rings. The largest absolute Gasteiger partial charge is 0.370 e. The van der Waals surface area contributed by atoms with Gasteiger partial charge < -0.3 is 10.6 Å². The molecular formula is C16H27N3. The summed E-state index contributed by atoms with van der Waals surface area (Å²) in [6.45, 7) is 9.08. The van der Waals surface area contributed by atoms with E-state index in [1.807, 2.05) is 6.20 Å². The second-order valence-electron chi connectivity index (χ2n) is 6.02. The second kappa shape index (κ2) is 6.38. The lowest BCUT2D eigenvalue weighted by molar-refractivity contribution is 0.311. The highest BCUT2D eigenvalue weighted by Crippen LogP contribution is 2.27.